The number of hydrogen-bond acceptors (Lipinski definition) is 6. The number of piperidine rings is 1. The molecule has 4 rings (SSSR count). The summed E-state index contributed by atoms with van der Waals surface area (Å²) in [5.41, 5.74) is 13.1. The van der Waals surface area contributed by atoms with Gasteiger partial charge in [-0.15, -0.1) is 0 Å². The van der Waals surface area contributed by atoms with Gasteiger partial charge in [-0.3, -0.25) is 13.9 Å². The van der Waals surface area contributed by atoms with Crippen LogP contribution in [0.3, 0.4) is 0 Å². The van der Waals surface area contributed by atoms with Crippen molar-refractivity contribution in [2.24, 2.45) is 18.5 Å². The summed E-state index contributed by atoms with van der Waals surface area (Å²) in [6.45, 7) is 6.02. The summed E-state index contributed by atoms with van der Waals surface area (Å²) < 4.78 is 4.64. The van der Waals surface area contributed by atoms with E-state index in [0.29, 0.717) is 30.2 Å². The Morgan fingerprint density at radius 2 is 1.88 bits per heavy atom. The molecule has 172 valence electrons. The maximum absolute atomic E-state index is 13.3. The van der Waals surface area contributed by atoms with Gasteiger partial charge in [0.1, 0.15) is 0 Å². The van der Waals surface area contributed by atoms with E-state index in [2.05, 4.69) is 17.0 Å². The molecule has 4 N–H and O–H groups in total. The first-order valence-electron chi connectivity index (χ1n) is 11.2. The Labute approximate surface area is 187 Å². The molecule has 0 aliphatic carbocycles. The lowest BCUT2D eigenvalue weighted by Crippen LogP contribution is -2.45. The summed E-state index contributed by atoms with van der Waals surface area (Å²) in [6.07, 6.45) is 2.67. The zero-order valence-corrected chi connectivity index (χ0v) is 19.1. The topological polar surface area (TPSA) is 117 Å². The third-order valence-electron chi connectivity index (χ3n) is 5.98. The third-order valence-corrected chi connectivity index (χ3v) is 5.98. The molecule has 9 nitrogen and oxygen atoms in total. The summed E-state index contributed by atoms with van der Waals surface area (Å²) in [7, 11) is 1.51. The largest absolute Gasteiger partial charge is 0.341 e. The van der Waals surface area contributed by atoms with E-state index in [-0.39, 0.29) is 18.1 Å². The highest BCUT2D eigenvalue weighted by atomic mass is 16.2. The van der Waals surface area contributed by atoms with Crippen LogP contribution >= 0.6 is 0 Å². The second-order valence-corrected chi connectivity index (χ2v) is 9.54. The molecule has 0 radical (unpaired) electrons. The van der Waals surface area contributed by atoms with Gasteiger partial charge in [0.15, 0.2) is 11.2 Å². The van der Waals surface area contributed by atoms with Crippen LogP contribution in [0.25, 0.3) is 11.2 Å². The van der Waals surface area contributed by atoms with E-state index >= 15 is 0 Å². The second kappa shape index (κ2) is 8.55. The number of anilines is 1. The maximum Gasteiger partial charge on any atom is 0.332 e. The van der Waals surface area contributed by atoms with E-state index in [1.807, 2.05) is 36.6 Å². The Bertz CT molecular complexity index is 1220. The summed E-state index contributed by atoms with van der Waals surface area (Å²) in [4.78, 5) is 33.3. The number of nitrogens with zero attached hydrogens (tertiary/aromatic N) is 5. The molecule has 32 heavy (non-hydrogen) atoms. The first-order valence-corrected chi connectivity index (χ1v) is 11.2. The number of benzene rings is 1. The van der Waals surface area contributed by atoms with Crippen molar-refractivity contribution in [3.05, 3.63) is 56.7 Å². The maximum atomic E-state index is 13.3. The quantitative estimate of drug-likeness (QED) is 0.587. The lowest BCUT2D eigenvalue weighted by atomic mass is 10.1. The number of nitrogens with two attached hydrogens (primary N) is 2. The number of aryl methyl sites for hydroxylation is 2. The predicted molar refractivity (Wildman–Crippen MR) is 127 cm³/mol. The highest BCUT2D eigenvalue weighted by Gasteiger charge is 2.27. The summed E-state index contributed by atoms with van der Waals surface area (Å²) in [5, 5.41) is 0. The minimum atomic E-state index is -0.643. The molecule has 1 fully saturated rings. The molecule has 1 saturated heterocycles. The van der Waals surface area contributed by atoms with Crippen molar-refractivity contribution in [2.45, 2.75) is 57.8 Å². The fourth-order valence-electron chi connectivity index (χ4n) is 4.43. The van der Waals surface area contributed by atoms with Crippen LogP contribution < -0.4 is 27.6 Å². The summed E-state index contributed by atoms with van der Waals surface area (Å²) in [6, 6.07) is 10.2. The van der Waals surface area contributed by atoms with Crippen molar-refractivity contribution < 1.29 is 0 Å². The van der Waals surface area contributed by atoms with Gasteiger partial charge in [0.05, 0.1) is 0 Å². The SMILES string of the molecule is Cn1c(=O)c2c(nc(N3CCCC(N)C3)n2CCc2ccccc2)n(CC(C)(C)N)c1=O. The van der Waals surface area contributed by atoms with E-state index in [1.165, 1.54) is 17.2 Å². The molecule has 2 aromatic heterocycles. The molecule has 0 spiro atoms. The van der Waals surface area contributed by atoms with Crippen LogP contribution in [0.1, 0.15) is 32.3 Å². The fourth-order valence-corrected chi connectivity index (χ4v) is 4.43. The molecule has 9 heteroatoms. The number of fused-ring (bicyclic) bond motifs is 1. The Kier molecular flexibility index (Phi) is 5.96. The van der Waals surface area contributed by atoms with Crippen LogP contribution in [0.15, 0.2) is 39.9 Å². The van der Waals surface area contributed by atoms with Crippen LogP contribution in [0.5, 0.6) is 0 Å². The van der Waals surface area contributed by atoms with E-state index in [4.69, 9.17) is 16.5 Å². The average Bonchev–Trinajstić information content (AvgIpc) is 3.13. The minimum absolute atomic E-state index is 0.0548. The highest BCUT2D eigenvalue weighted by molar-refractivity contribution is 5.74. The molecule has 0 saturated carbocycles. The van der Waals surface area contributed by atoms with Gasteiger partial charge in [-0.25, -0.2) is 4.79 Å². The summed E-state index contributed by atoms with van der Waals surface area (Å²) in [5.74, 6) is 0.692. The number of imidazole rings is 1. The third kappa shape index (κ3) is 4.35. The molecule has 1 atom stereocenters. The Morgan fingerprint density at radius 1 is 1.16 bits per heavy atom. The Morgan fingerprint density at radius 3 is 2.53 bits per heavy atom. The van der Waals surface area contributed by atoms with E-state index in [1.54, 1.807) is 0 Å². The lowest BCUT2D eigenvalue weighted by Gasteiger charge is -2.31. The van der Waals surface area contributed by atoms with Gasteiger partial charge < -0.3 is 20.9 Å². The van der Waals surface area contributed by atoms with Gasteiger partial charge in [0.2, 0.25) is 5.95 Å². The first kappa shape index (κ1) is 22.3. The van der Waals surface area contributed by atoms with E-state index in [0.717, 1.165) is 30.4 Å². The minimum Gasteiger partial charge on any atom is -0.341 e. The highest BCUT2D eigenvalue weighted by Crippen LogP contribution is 2.24. The number of rotatable bonds is 6. The predicted octanol–water partition coefficient (Wildman–Crippen LogP) is 0.804. The van der Waals surface area contributed by atoms with Crippen molar-refractivity contribution >= 4 is 17.1 Å². The molecule has 0 bridgehead atoms. The zero-order chi connectivity index (χ0) is 23.0. The second-order valence-electron chi connectivity index (χ2n) is 9.54. The van der Waals surface area contributed by atoms with Crippen molar-refractivity contribution in [3.63, 3.8) is 0 Å². The van der Waals surface area contributed by atoms with Crippen molar-refractivity contribution in [3.8, 4) is 0 Å². The molecule has 3 aromatic rings. The van der Waals surface area contributed by atoms with Gasteiger partial charge in [-0.2, -0.15) is 4.98 Å². The summed E-state index contributed by atoms with van der Waals surface area (Å²) >= 11 is 0. The van der Waals surface area contributed by atoms with Crippen LogP contribution in [0, 0.1) is 0 Å². The molecular formula is C23H33N7O2. The van der Waals surface area contributed by atoms with Gasteiger partial charge in [0, 0.05) is 44.8 Å². The van der Waals surface area contributed by atoms with Crippen LogP contribution in [0.4, 0.5) is 5.95 Å². The van der Waals surface area contributed by atoms with E-state index < -0.39 is 11.2 Å². The lowest BCUT2D eigenvalue weighted by molar-refractivity contribution is 0.422. The number of aromatic nitrogens is 4. The molecular weight excluding hydrogens is 406 g/mol. The molecule has 3 heterocycles. The van der Waals surface area contributed by atoms with E-state index in [9.17, 15) is 9.59 Å². The van der Waals surface area contributed by atoms with Crippen LogP contribution in [-0.2, 0) is 26.6 Å². The standard InChI is InChI=1S/C23H33N7O2/c1-23(2,25)15-30-19-18(20(31)27(3)22(30)32)29(13-11-16-8-5-4-6-9-16)21(26-19)28-12-7-10-17(24)14-28/h4-6,8-9,17H,7,10-15,24-25H2,1-3H3. The van der Waals surface area contributed by atoms with Gasteiger partial charge in [0.25, 0.3) is 5.56 Å². The van der Waals surface area contributed by atoms with Crippen molar-refractivity contribution in [1.82, 2.24) is 18.7 Å². The van der Waals surface area contributed by atoms with Gasteiger partial charge in [-0.1, -0.05) is 30.3 Å². The zero-order valence-electron chi connectivity index (χ0n) is 19.1. The van der Waals surface area contributed by atoms with Crippen molar-refractivity contribution in [1.29, 1.82) is 0 Å². The first-order chi connectivity index (χ1) is 15.2. The van der Waals surface area contributed by atoms with Crippen molar-refractivity contribution in [2.75, 3.05) is 18.0 Å². The molecule has 1 aromatic carbocycles. The fraction of sp³-hybridized carbons (Fsp3) is 0.522. The van der Waals surface area contributed by atoms with Gasteiger partial charge in [-0.05, 0) is 38.7 Å². The Balaban J connectivity index is 1.91. The smallest absolute Gasteiger partial charge is 0.332 e. The molecule has 1 aliphatic heterocycles. The van der Waals surface area contributed by atoms with Crippen LogP contribution in [-0.4, -0.2) is 43.4 Å². The normalized spacial score (nSPS) is 17.3. The monoisotopic (exact) mass is 439 g/mol. The Hall–Kier alpha value is -2.91. The average molecular weight is 440 g/mol. The number of hydrogen-bond donors (Lipinski definition) is 2. The van der Waals surface area contributed by atoms with Crippen LogP contribution in [0.2, 0.25) is 0 Å². The molecule has 0 amide bonds. The molecule has 1 aliphatic rings. The molecule has 1 unspecified atom stereocenters. The van der Waals surface area contributed by atoms with Gasteiger partial charge >= 0.3 is 5.69 Å².